The number of ether oxygens (including phenoxy) is 2. The van der Waals surface area contributed by atoms with Crippen molar-refractivity contribution in [3.63, 3.8) is 0 Å². The van der Waals surface area contributed by atoms with Crippen LogP contribution in [0.3, 0.4) is 0 Å². The van der Waals surface area contributed by atoms with Crippen molar-refractivity contribution in [3.8, 4) is 0 Å². The molecule has 0 heterocycles. The van der Waals surface area contributed by atoms with E-state index in [-0.39, 0.29) is 12.1 Å². The highest BCUT2D eigenvalue weighted by atomic mass is 16.7. The SMILES string of the molecule is CC(C)COC(=O)OC1CCC(N)C1. The lowest BCUT2D eigenvalue weighted by Gasteiger charge is -2.12. The molecule has 1 fully saturated rings. The Bertz CT molecular complexity index is 194. The van der Waals surface area contributed by atoms with Crippen LogP contribution in [0.4, 0.5) is 4.79 Å². The Morgan fingerprint density at radius 1 is 1.50 bits per heavy atom. The Morgan fingerprint density at radius 2 is 2.21 bits per heavy atom. The molecular weight excluding hydrogens is 182 g/mol. The summed E-state index contributed by atoms with van der Waals surface area (Å²) in [6.07, 6.45) is 1.96. The molecule has 0 amide bonds. The molecule has 0 aromatic rings. The van der Waals surface area contributed by atoms with Crippen molar-refractivity contribution in [3.05, 3.63) is 0 Å². The fourth-order valence-electron chi connectivity index (χ4n) is 1.49. The van der Waals surface area contributed by atoms with E-state index in [4.69, 9.17) is 15.2 Å². The molecule has 2 unspecified atom stereocenters. The molecule has 4 nitrogen and oxygen atoms in total. The molecule has 1 aliphatic rings. The average molecular weight is 201 g/mol. The van der Waals surface area contributed by atoms with Crippen LogP contribution in [-0.4, -0.2) is 24.9 Å². The van der Waals surface area contributed by atoms with Crippen molar-refractivity contribution in [2.75, 3.05) is 6.61 Å². The van der Waals surface area contributed by atoms with E-state index in [0.29, 0.717) is 12.5 Å². The minimum atomic E-state index is -0.558. The predicted molar refractivity (Wildman–Crippen MR) is 52.9 cm³/mol. The Balaban J connectivity index is 2.14. The lowest BCUT2D eigenvalue weighted by Crippen LogP contribution is -2.21. The molecule has 0 bridgehead atoms. The Morgan fingerprint density at radius 3 is 2.71 bits per heavy atom. The van der Waals surface area contributed by atoms with Crippen molar-refractivity contribution in [2.45, 2.75) is 45.3 Å². The fourth-order valence-corrected chi connectivity index (χ4v) is 1.49. The van der Waals surface area contributed by atoms with Crippen molar-refractivity contribution in [1.82, 2.24) is 0 Å². The van der Waals surface area contributed by atoms with Crippen molar-refractivity contribution < 1.29 is 14.3 Å². The predicted octanol–water partition coefficient (Wildman–Crippen LogP) is 1.68. The lowest BCUT2D eigenvalue weighted by atomic mass is 10.2. The second-order valence-electron chi connectivity index (χ2n) is 4.27. The van der Waals surface area contributed by atoms with Gasteiger partial charge < -0.3 is 15.2 Å². The number of hydrogen-bond acceptors (Lipinski definition) is 4. The van der Waals surface area contributed by atoms with Gasteiger partial charge in [0.05, 0.1) is 6.61 Å². The second kappa shape index (κ2) is 5.20. The van der Waals surface area contributed by atoms with E-state index in [1.54, 1.807) is 0 Å². The molecule has 82 valence electrons. The highest BCUT2D eigenvalue weighted by Crippen LogP contribution is 2.20. The van der Waals surface area contributed by atoms with Crippen LogP contribution < -0.4 is 5.73 Å². The van der Waals surface area contributed by atoms with Crippen LogP contribution in [0.15, 0.2) is 0 Å². The third kappa shape index (κ3) is 3.96. The number of carbonyl (C=O) groups excluding carboxylic acids is 1. The summed E-state index contributed by atoms with van der Waals surface area (Å²) < 4.78 is 9.99. The van der Waals surface area contributed by atoms with Crippen LogP contribution in [0.5, 0.6) is 0 Å². The monoisotopic (exact) mass is 201 g/mol. The van der Waals surface area contributed by atoms with Gasteiger partial charge >= 0.3 is 6.16 Å². The van der Waals surface area contributed by atoms with Crippen molar-refractivity contribution in [1.29, 1.82) is 0 Å². The summed E-state index contributed by atoms with van der Waals surface area (Å²) >= 11 is 0. The Kier molecular flexibility index (Phi) is 4.20. The Hall–Kier alpha value is -0.770. The number of nitrogens with two attached hydrogens (primary N) is 1. The molecule has 0 aliphatic heterocycles. The van der Waals surface area contributed by atoms with Crippen molar-refractivity contribution in [2.24, 2.45) is 11.7 Å². The summed E-state index contributed by atoms with van der Waals surface area (Å²) in [5.74, 6) is 0.341. The first-order valence-corrected chi connectivity index (χ1v) is 5.17. The summed E-state index contributed by atoms with van der Waals surface area (Å²) in [7, 11) is 0. The molecule has 0 aromatic heterocycles. The quantitative estimate of drug-likeness (QED) is 0.705. The molecule has 0 aromatic carbocycles. The number of hydrogen-bond donors (Lipinski definition) is 1. The molecule has 1 aliphatic carbocycles. The molecule has 1 saturated carbocycles. The van der Waals surface area contributed by atoms with Gasteiger partial charge in [0.2, 0.25) is 0 Å². The summed E-state index contributed by atoms with van der Waals surface area (Å²) in [6.45, 7) is 4.38. The van der Waals surface area contributed by atoms with Crippen LogP contribution in [0.1, 0.15) is 33.1 Å². The van der Waals surface area contributed by atoms with Gasteiger partial charge in [-0.15, -0.1) is 0 Å². The van der Waals surface area contributed by atoms with Gasteiger partial charge in [0.1, 0.15) is 6.10 Å². The van der Waals surface area contributed by atoms with Gasteiger partial charge in [-0.1, -0.05) is 13.8 Å². The van der Waals surface area contributed by atoms with E-state index in [0.717, 1.165) is 19.3 Å². The molecule has 0 spiro atoms. The maximum absolute atomic E-state index is 11.1. The normalized spacial score (nSPS) is 26.6. The van der Waals surface area contributed by atoms with E-state index >= 15 is 0 Å². The topological polar surface area (TPSA) is 61.5 Å². The van der Waals surface area contributed by atoms with Gasteiger partial charge in [-0.2, -0.15) is 0 Å². The van der Waals surface area contributed by atoms with Gasteiger partial charge in [0, 0.05) is 6.04 Å². The highest BCUT2D eigenvalue weighted by molar-refractivity contribution is 5.60. The fraction of sp³-hybridized carbons (Fsp3) is 0.900. The molecule has 2 atom stereocenters. The van der Waals surface area contributed by atoms with Gasteiger partial charge in [-0.3, -0.25) is 0 Å². The van der Waals surface area contributed by atoms with Gasteiger partial charge in [0.25, 0.3) is 0 Å². The van der Waals surface area contributed by atoms with Gasteiger partial charge in [0.15, 0.2) is 0 Å². The van der Waals surface area contributed by atoms with Gasteiger partial charge in [-0.25, -0.2) is 4.79 Å². The molecule has 2 N–H and O–H groups in total. The van der Waals surface area contributed by atoms with Crippen molar-refractivity contribution >= 4 is 6.16 Å². The van der Waals surface area contributed by atoms with E-state index in [2.05, 4.69) is 0 Å². The Labute approximate surface area is 84.7 Å². The molecule has 4 heteroatoms. The zero-order valence-electron chi connectivity index (χ0n) is 8.86. The zero-order valence-corrected chi connectivity index (χ0v) is 8.86. The van der Waals surface area contributed by atoms with Gasteiger partial charge in [-0.05, 0) is 25.2 Å². The summed E-state index contributed by atoms with van der Waals surface area (Å²) in [5.41, 5.74) is 5.69. The maximum Gasteiger partial charge on any atom is 0.508 e. The molecule has 0 radical (unpaired) electrons. The lowest BCUT2D eigenvalue weighted by molar-refractivity contribution is 0.0195. The smallest absolute Gasteiger partial charge is 0.434 e. The van der Waals surface area contributed by atoms with E-state index in [1.807, 2.05) is 13.8 Å². The molecular formula is C10H19NO3. The third-order valence-electron chi connectivity index (χ3n) is 2.22. The van der Waals surface area contributed by atoms with E-state index in [9.17, 15) is 4.79 Å². The summed E-state index contributed by atoms with van der Waals surface area (Å²) in [4.78, 5) is 11.1. The zero-order chi connectivity index (χ0) is 10.6. The maximum atomic E-state index is 11.1. The third-order valence-corrected chi connectivity index (χ3v) is 2.22. The largest absolute Gasteiger partial charge is 0.508 e. The van der Waals surface area contributed by atoms with Crippen LogP contribution in [0.2, 0.25) is 0 Å². The average Bonchev–Trinajstić information content (AvgIpc) is 2.48. The number of rotatable bonds is 3. The van der Waals surface area contributed by atoms with Crippen LogP contribution in [0, 0.1) is 5.92 Å². The molecule has 14 heavy (non-hydrogen) atoms. The summed E-state index contributed by atoms with van der Waals surface area (Å²) in [5, 5.41) is 0. The standard InChI is InChI=1S/C10H19NO3/c1-7(2)6-13-10(12)14-9-4-3-8(11)5-9/h7-9H,3-6,11H2,1-2H3. The minimum Gasteiger partial charge on any atom is -0.434 e. The van der Waals surface area contributed by atoms with Crippen LogP contribution >= 0.6 is 0 Å². The highest BCUT2D eigenvalue weighted by Gasteiger charge is 2.25. The second-order valence-corrected chi connectivity index (χ2v) is 4.27. The molecule has 0 saturated heterocycles. The first-order chi connectivity index (χ1) is 6.58. The van der Waals surface area contributed by atoms with E-state index < -0.39 is 6.16 Å². The molecule has 1 rings (SSSR count). The number of carbonyl (C=O) groups is 1. The summed E-state index contributed by atoms with van der Waals surface area (Å²) in [6, 6.07) is 0.179. The van der Waals surface area contributed by atoms with Crippen LogP contribution in [0.25, 0.3) is 0 Å². The first kappa shape index (κ1) is 11.3. The van der Waals surface area contributed by atoms with E-state index in [1.165, 1.54) is 0 Å². The first-order valence-electron chi connectivity index (χ1n) is 5.17. The minimum absolute atomic E-state index is 0.0373. The van der Waals surface area contributed by atoms with Crippen LogP contribution in [-0.2, 0) is 9.47 Å².